The molecule has 0 unspecified atom stereocenters. The number of fused-ring (bicyclic) bond motifs is 2. The van der Waals surface area contributed by atoms with Crippen LogP contribution in [0.3, 0.4) is 0 Å². The Balaban J connectivity index is 1.27. The molecule has 2 aliphatic heterocycles. The van der Waals surface area contributed by atoms with Gasteiger partial charge in [0.15, 0.2) is 23.0 Å². The van der Waals surface area contributed by atoms with Gasteiger partial charge in [0.05, 0.1) is 6.54 Å². The molecule has 7 nitrogen and oxygen atoms in total. The van der Waals surface area contributed by atoms with Gasteiger partial charge < -0.3 is 29.6 Å². The van der Waals surface area contributed by atoms with Crippen LogP contribution in [0, 0.1) is 0 Å². The van der Waals surface area contributed by atoms with Crippen molar-refractivity contribution in [3.05, 3.63) is 42.0 Å². The van der Waals surface area contributed by atoms with Crippen LogP contribution >= 0.6 is 0 Å². The Hall–Kier alpha value is -2.93. The Morgan fingerprint density at radius 1 is 0.875 bits per heavy atom. The zero-order chi connectivity index (χ0) is 16.4. The summed E-state index contributed by atoms with van der Waals surface area (Å²) in [6.07, 6.45) is 0. The maximum Gasteiger partial charge on any atom is 0.238 e. The number of benzene rings is 2. The minimum Gasteiger partial charge on any atom is -0.454 e. The molecule has 0 fully saturated rings. The molecule has 0 bridgehead atoms. The number of ether oxygens (including phenoxy) is 4. The van der Waals surface area contributed by atoms with Crippen LogP contribution in [-0.4, -0.2) is 26.0 Å². The van der Waals surface area contributed by atoms with E-state index in [0.29, 0.717) is 23.7 Å². The van der Waals surface area contributed by atoms with Crippen molar-refractivity contribution in [2.75, 3.05) is 25.4 Å². The molecule has 0 spiro atoms. The van der Waals surface area contributed by atoms with Gasteiger partial charge in [0.1, 0.15) is 0 Å². The fourth-order valence-corrected chi connectivity index (χ4v) is 2.55. The van der Waals surface area contributed by atoms with E-state index in [2.05, 4.69) is 10.6 Å². The summed E-state index contributed by atoms with van der Waals surface area (Å²) >= 11 is 0. The molecule has 2 aromatic carbocycles. The molecule has 2 aromatic rings. The Kier molecular flexibility index (Phi) is 3.84. The lowest BCUT2D eigenvalue weighted by atomic mass is 10.2. The lowest BCUT2D eigenvalue weighted by Crippen LogP contribution is -2.27. The van der Waals surface area contributed by atoms with Crippen LogP contribution in [0.1, 0.15) is 5.56 Å². The molecule has 124 valence electrons. The van der Waals surface area contributed by atoms with Crippen molar-refractivity contribution in [2.24, 2.45) is 0 Å². The van der Waals surface area contributed by atoms with E-state index in [1.54, 1.807) is 18.2 Å². The van der Waals surface area contributed by atoms with Gasteiger partial charge >= 0.3 is 0 Å². The molecule has 0 aliphatic carbocycles. The Morgan fingerprint density at radius 3 is 2.33 bits per heavy atom. The molecule has 1 amide bonds. The molecule has 2 N–H and O–H groups in total. The summed E-state index contributed by atoms with van der Waals surface area (Å²) < 4.78 is 21.1. The van der Waals surface area contributed by atoms with Crippen molar-refractivity contribution in [2.45, 2.75) is 6.54 Å². The SMILES string of the molecule is O=C(CNCc1ccc2c(c1)OCO2)Nc1ccc2c(c1)OCO2. The predicted molar refractivity (Wildman–Crippen MR) is 85.5 cm³/mol. The van der Waals surface area contributed by atoms with E-state index in [4.69, 9.17) is 18.9 Å². The highest BCUT2D eigenvalue weighted by molar-refractivity contribution is 5.92. The number of amides is 1. The van der Waals surface area contributed by atoms with Crippen LogP contribution in [0.15, 0.2) is 36.4 Å². The lowest BCUT2D eigenvalue weighted by molar-refractivity contribution is -0.115. The van der Waals surface area contributed by atoms with Crippen LogP contribution in [0.2, 0.25) is 0 Å². The zero-order valence-corrected chi connectivity index (χ0v) is 12.8. The molecule has 4 rings (SSSR count). The van der Waals surface area contributed by atoms with Gasteiger partial charge in [-0.25, -0.2) is 0 Å². The van der Waals surface area contributed by atoms with E-state index >= 15 is 0 Å². The normalized spacial score (nSPS) is 13.8. The van der Waals surface area contributed by atoms with E-state index in [-0.39, 0.29) is 26.0 Å². The standard InChI is InChI=1S/C17H16N2O5/c20-17(19-12-2-4-14-16(6-12)24-10-22-14)8-18-7-11-1-3-13-15(5-11)23-9-21-13/h1-6,18H,7-10H2,(H,19,20). The van der Waals surface area contributed by atoms with Crippen molar-refractivity contribution >= 4 is 11.6 Å². The van der Waals surface area contributed by atoms with Crippen LogP contribution in [0.5, 0.6) is 23.0 Å². The van der Waals surface area contributed by atoms with E-state index in [1.165, 1.54) is 0 Å². The van der Waals surface area contributed by atoms with Crippen molar-refractivity contribution in [1.82, 2.24) is 5.32 Å². The summed E-state index contributed by atoms with van der Waals surface area (Å²) in [4.78, 5) is 12.0. The topological polar surface area (TPSA) is 78.1 Å². The summed E-state index contributed by atoms with van der Waals surface area (Å²) in [6, 6.07) is 11.0. The molecule has 0 radical (unpaired) electrons. The molecule has 7 heteroatoms. The van der Waals surface area contributed by atoms with Gasteiger partial charge in [-0.05, 0) is 29.8 Å². The van der Waals surface area contributed by atoms with Crippen LogP contribution in [-0.2, 0) is 11.3 Å². The van der Waals surface area contributed by atoms with Crippen LogP contribution in [0.4, 0.5) is 5.69 Å². The number of rotatable bonds is 5. The van der Waals surface area contributed by atoms with Crippen LogP contribution < -0.4 is 29.6 Å². The van der Waals surface area contributed by atoms with Gasteiger partial charge in [-0.3, -0.25) is 4.79 Å². The Bertz CT molecular complexity index is 778. The fraction of sp³-hybridized carbons (Fsp3) is 0.235. The van der Waals surface area contributed by atoms with Gasteiger partial charge in [0.2, 0.25) is 19.5 Å². The molecule has 0 saturated heterocycles. The third-order valence-electron chi connectivity index (χ3n) is 3.71. The maximum atomic E-state index is 12.0. The first-order valence-electron chi connectivity index (χ1n) is 7.57. The highest BCUT2D eigenvalue weighted by atomic mass is 16.7. The van der Waals surface area contributed by atoms with Gasteiger partial charge in [-0.1, -0.05) is 6.07 Å². The molecule has 2 aliphatic rings. The lowest BCUT2D eigenvalue weighted by Gasteiger charge is -2.08. The number of hydrogen-bond donors (Lipinski definition) is 2. The number of carbonyl (C=O) groups is 1. The van der Waals surface area contributed by atoms with E-state index in [1.807, 2.05) is 18.2 Å². The summed E-state index contributed by atoms with van der Waals surface area (Å²) in [6.45, 7) is 1.22. The molecule has 24 heavy (non-hydrogen) atoms. The summed E-state index contributed by atoms with van der Waals surface area (Å²) in [5.41, 5.74) is 1.70. The molecule has 0 atom stereocenters. The smallest absolute Gasteiger partial charge is 0.238 e. The Morgan fingerprint density at radius 2 is 1.54 bits per heavy atom. The molecule has 0 saturated carbocycles. The number of carbonyl (C=O) groups excluding carboxylic acids is 1. The van der Waals surface area contributed by atoms with E-state index in [9.17, 15) is 4.79 Å². The first-order valence-corrected chi connectivity index (χ1v) is 7.57. The first-order chi connectivity index (χ1) is 11.8. The first kappa shape index (κ1) is 14.6. The van der Waals surface area contributed by atoms with Crippen molar-refractivity contribution in [1.29, 1.82) is 0 Å². The molecular formula is C17H16N2O5. The highest BCUT2D eigenvalue weighted by Crippen LogP contribution is 2.34. The minimum absolute atomic E-state index is 0.130. The number of hydrogen-bond acceptors (Lipinski definition) is 6. The minimum atomic E-state index is -0.130. The van der Waals surface area contributed by atoms with E-state index in [0.717, 1.165) is 17.1 Å². The number of nitrogens with one attached hydrogen (secondary N) is 2. The Labute approximate surface area is 138 Å². The zero-order valence-electron chi connectivity index (χ0n) is 12.8. The highest BCUT2D eigenvalue weighted by Gasteiger charge is 2.15. The fourth-order valence-electron chi connectivity index (χ4n) is 2.55. The van der Waals surface area contributed by atoms with Gasteiger partial charge in [-0.15, -0.1) is 0 Å². The average molecular weight is 328 g/mol. The van der Waals surface area contributed by atoms with Gasteiger partial charge in [0.25, 0.3) is 0 Å². The van der Waals surface area contributed by atoms with Gasteiger partial charge in [-0.2, -0.15) is 0 Å². The third kappa shape index (κ3) is 3.07. The van der Waals surface area contributed by atoms with E-state index < -0.39 is 0 Å². The maximum absolute atomic E-state index is 12.0. The van der Waals surface area contributed by atoms with Crippen molar-refractivity contribution in [3.63, 3.8) is 0 Å². The second-order valence-corrected chi connectivity index (χ2v) is 5.41. The quantitative estimate of drug-likeness (QED) is 0.872. The average Bonchev–Trinajstić information content (AvgIpc) is 3.22. The second kappa shape index (κ2) is 6.29. The molecular weight excluding hydrogens is 312 g/mol. The third-order valence-corrected chi connectivity index (χ3v) is 3.71. The summed E-state index contributed by atoms with van der Waals surface area (Å²) in [5.74, 6) is 2.68. The summed E-state index contributed by atoms with van der Waals surface area (Å²) in [7, 11) is 0. The second-order valence-electron chi connectivity index (χ2n) is 5.41. The predicted octanol–water partition coefficient (Wildman–Crippen LogP) is 1.87. The molecule has 2 heterocycles. The van der Waals surface area contributed by atoms with Crippen LogP contribution in [0.25, 0.3) is 0 Å². The monoisotopic (exact) mass is 328 g/mol. The molecule has 0 aromatic heterocycles. The van der Waals surface area contributed by atoms with Crippen molar-refractivity contribution < 1.29 is 23.7 Å². The van der Waals surface area contributed by atoms with Gasteiger partial charge in [0, 0.05) is 18.3 Å². The number of anilines is 1. The summed E-state index contributed by atoms with van der Waals surface area (Å²) in [5, 5.41) is 5.92. The van der Waals surface area contributed by atoms with Crippen molar-refractivity contribution in [3.8, 4) is 23.0 Å². The largest absolute Gasteiger partial charge is 0.454 e.